The second-order valence-electron chi connectivity index (χ2n) is 7.03. The van der Waals surface area contributed by atoms with E-state index in [-0.39, 0.29) is 5.52 Å². The Balaban J connectivity index is 1.51. The third-order valence-corrected chi connectivity index (χ3v) is 6.13. The van der Waals surface area contributed by atoms with Crippen LogP contribution in [0.25, 0.3) is 10.9 Å². The van der Waals surface area contributed by atoms with Gasteiger partial charge in [0.05, 0.1) is 17.4 Å². The summed E-state index contributed by atoms with van der Waals surface area (Å²) >= 11 is 1.50. The van der Waals surface area contributed by atoms with Crippen LogP contribution in [0.3, 0.4) is 0 Å². The Hall–Kier alpha value is -2.87. The standard InChI is InChI=1S/C20H19FN4O2S/c1-12-11-28-19(23-12)20(7-2-3-8-20)25-18(27)17(26)24-14-9-13-5-4-6-15(21)16(13)22-10-14/h4-6,9-11H,2-3,7-8H2,1H3,(H,24,26)(H,25,27). The van der Waals surface area contributed by atoms with E-state index in [0.29, 0.717) is 11.1 Å². The van der Waals surface area contributed by atoms with Crippen LogP contribution < -0.4 is 10.6 Å². The molecule has 8 heteroatoms. The van der Waals surface area contributed by atoms with Crippen molar-refractivity contribution in [2.24, 2.45) is 0 Å². The van der Waals surface area contributed by atoms with Crippen LogP contribution in [0.5, 0.6) is 0 Å². The van der Waals surface area contributed by atoms with E-state index in [0.717, 1.165) is 36.4 Å². The summed E-state index contributed by atoms with van der Waals surface area (Å²) in [6.07, 6.45) is 4.80. The topological polar surface area (TPSA) is 84.0 Å². The van der Waals surface area contributed by atoms with Crippen molar-refractivity contribution in [1.82, 2.24) is 15.3 Å². The summed E-state index contributed by atoms with van der Waals surface area (Å²) in [5, 5.41) is 8.78. The van der Waals surface area contributed by atoms with Gasteiger partial charge in [0, 0.05) is 16.5 Å². The highest BCUT2D eigenvalue weighted by Gasteiger charge is 2.40. The Morgan fingerprint density at radius 2 is 2.00 bits per heavy atom. The minimum absolute atomic E-state index is 0.217. The summed E-state index contributed by atoms with van der Waals surface area (Å²) in [4.78, 5) is 33.6. The van der Waals surface area contributed by atoms with Crippen molar-refractivity contribution < 1.29 is 14.0 Å². The number of nitrogens with zero attached hydrogens (tertiary/aromatic N) is 2. The molecular weight excluding hydrogens is 379 g/mol. The Kier molecular flexibility index (Phi) is 4.80. The molecule has 2 aromatic heterocycles. The fourth-order valence-corrected chi connectivity index (χ4v) is 4.61. The predicted molar refractivity (Wildman–Crippen MR) is 105 cm³/mol. The number of carbonyl (C=O) groups is 2. The summed E-state index contributed by atoms with van der Waals surface area (Å²) in [5.41, 5.74) is 0.871. The molecule has 0 atom stereocenters. The zero-order chi connectivity index (χ0) is 19.7. The first-order valence-electron chi connectivity index (χ1n) is 9.07. The van der Waals surface area contributed by atoms with Crippen LogP contribution in [0, 0.1) is 12.7 Å². The van der Waals surface area contributed by atoms with Gasteiger partial charge in [0.1, 0.15) is 16.3 Å². The van der Waals surface area contributed by atoms with Crippen molar-refractivity contribution in [3.8, 4) is 0 Å². The average molecular weight is 398 g/mol. The Labute approximate surface area is 165 Å². The van der Waals surface area contributed by atoms with E-state index in [2.05, 4.69) is 20.6 Å². The van der Waals surface area contributed by atoms with E-state index < -0.39 is 23.2 Å². The maximum absolute atomic E-state index is 13.7. The summed E-state index contributed by atoms with van der Waals surface area (Å²) in [6.45, 7) is 1.91. The second kappa shape index (κ2) is 7.27. The van der Waals surface area contributed by atoms with E-state index >= 15 is 0 Å². The molecule has 144 valence electrons. The number of hydrogen-bond acceptors (Lipinski definition) is 5. The van der Waals surface area contributed by atoms with Gasteiger partial charge in [0.15, 0.2) is 0 Å². The van der Waals surface area contributed by atoms with Gasteiger partial charge in [-0.3, -0.25) is 14.6 Å². The number of halogens is 1. The van der Waals surface area contributed by atoms with Gasteiger partial charge >= 0.3 is 11.8 Å². The lowest BCUT2D eigenvalue weighted by Gasteiger charge is -2.27. The maximum atomic E-state index is 13.7. The maximum Gasteiger partial charge on any atom is 0.313 e. The molecule has 2 heterocycles. The first-order chi connectivity index (χ1) is 13.5. The number of anilines is 1. The highest BCUT2D eigenvalue weighted by atomic mass is 32.1. The van der Waals surface area contributed by atoms with E-state index in [9.17, 15) is 14.0 Å². The molecule has 1 aromatic carbocycles. The number of pyridine rings is 1. The molecule has 1 saturated carbocycles. The molecule has 4 rings (SSSR count). The molecule has 0 saturated heterocycles. The molecule has 2 amide bonds. The molecule has 3 aromatic rings. The molecule has 0 aliphatic heterocycles. The SMILES string of the molecule is Cc1csc(C2(NC(=O)C(=O)Nc3cnc4c(F)cccc4c3)CCCC2)n1. The number of carbonyl (C=O) groups excluding carboxylic acids is 2. The number of benzene rings is 1. The molecule has 28 heavy (non-hydrogen) atoms. The average Bonchev–Trinajstić information content (AvgIpc) is 3.32. The van der Waals surface area contributed by atoms with Crippen LogP contribution >= 0.6 is 11.3 Å². The zero-order valence-corrected chi connectivity index (χ0v) is 16.1. The number of fused-ring (bicyclic) bond motifs is 1. The van der Waals surface area contributed by atoms with Crippen LogP contribution in [-0.2, 0) is 15.1 Å². The van der Waals surface area contributed by atoms with E-state index in [1.807, 2.05) is 12.3 Å². The smallest absolute Gasteiger partial charge is 0.313 e. The molecule has 1 fully saturated rings. The number of aromatic nitrogens is 2. The van der Waals surface area contributed by atoms with Crippen molar-refractivity contribution in [2.75, 3.05) is 5.32 Å². The molecular formula is C20H19FN4O2S. The van der Waals surface area contributed by atoms with Gasteiger partial charge in [-0.2, -0.15) is 0 Å². The Morgan fingerprint density at radius 3 is 2.71 bits per heavy atom. The largest absolute Gasteiger partial charge is 0.336 e. The van der Waals surface area contributed by atoms with Gasteiger partial charge in [-0.05, 0) is 31.9 Å². The summed E-state index contributed by atoms with van der Waals surface area (Å²) < 4.78 is 13.7. The third-order valence-electron chi connectivity index (χ3n) is 4.96. The van der Waals surface area contributed by atoms with Crippen LogP contribution in [0.4, 0.5) is 10.1 Å². The summed E-state index contributed by atoms with van der Waals surface area (Å²) in [7, 11) is 0. The number of thiazole rings is 1. The quantitative estimate of drug-likeness (QED) is 0.660. The van der Waals surface area contributed by atoms with Crippen LogP contribution in [0.15, 0.2) is 35.8 Å². The molecule has 2 N–H and O–H groups in total. The minimum atomic E-state index is -0.780. The molecule has 0 unspecified atom stereocenters. The minimum Gasteiger partial charge on any atom is -0.336 e. The van der Waals surface area contributed by atoms with Gasteiger partial charge < -0.3 is 10.6 Å². The Bertz CT molecular complexity index is 1060. The normalized spacial score (nSPS) is 15.5. The van der Waals surface area contributed by atoms with Crippen molar-refractivity contribution in [3.63, 3.8) is 0 Å². The Morgan fingerprint density at radius 1 is 1.21 bits per heavy atom. The first-order valence-corrected chi connectivity index (χ1v) is 9.95. The van der Waals surface area contributed by atoms with Crippen LogP contribution in [-0.4, -0.2) is 21.8 Å². The molecule has 1 aliphatic carbocycles. The van der Waals surface area contributed by atoms with Gasteiger partial charge in [-0.1, -0.05) is 25.0 Å². The van der Waals surface area contributed by atoms with Gasteiger partial charge in [-0.25, -0.2) is 9.37 Å². The number of aryl methyl sites for hydroxylation is 1. The summed E-state index contributed by atoms with van der Waals surface area (Å²) in [5.74, 6) is -1.93. The van der Waals surface area contributed by atoms with Crippen molar-refractivity contribution in [3.05, 3.63) is 52.4 Å². The number of rotatable bonds is 3. The number of hydrogen-bond donors (Lipinski definition) is 2. The van der Waals surface area contributed by atoms with Gasteiger partial charge in [-0.15, -0.1) is 11.3 Å². The lowest BCUT2D eigenvalue weighted by atomic mass is 9.98. The molecule has 6 nitrogen and oxygen atoms in total. The van der Waals surface area contributed by atoms with Crippen molar-refractivity contribution >= 4 is 39.7 Å². The fourth-order valence-electron chi connectivity index (χ4n) is 3.60. The number of para-hydroxylation sites is 1. The van der Waals surface area contributed by atoms with Crippen LogP contribution in [0.1, 0.15) is 36.4 Å². The third kappa shape index (κ3) is 3.47. The van der Waals surface area contributed by atoms with Gasteiger partial charge in [0.25, 0.3) is 0 Å². The van der Waals surface area contributed by atoms with E-state index in [4.69, 9.17) is 0 Å². The highest BCUT2D eigenvalue weighted by Crippen LogP contribution is 2.40. The van der Waals surface area contributed by atoms with Crippen molar-refractivity contribution in [1.29, 1.82) is 0 Å². The zero-order valence-electron chi connectivity index (χ0n) is 15.3. The molecule has 1 aliphatic rings. The molecule has 0 radical (unpaired) electrons. The highest BCUT2D eigenvalue weighted by molar-refractivity contribution is 7.09. The number of amides is 2. The lowest BCUT2D eigenvalue weighted by Crippen LogP contribution is -2.48. The first kappa shape index (κ1) is 18.5. The molecule has 0 spiro atoms. The lowest BCUT2D eigenvalue weighted by molar-refractivity contribution is -0.137. The van der Waals surface area contributed by atoms with E-state index in [1.54, 1.807) is 18.2 Å². The molecule has 0 bridgehead atoms. The monoisotopic (exact) mass is 398 g/mol. The summed E-state index contributed by atoms with van der Waals surface area (Å²) in [6, 6.07) is 6.17. The van der Waals surface area contributed by atoms with Crippen molar-refractivity contribution in [2.45, 2.75) is 38.1 Å². The fraction of sp³-hybridized carbons (Fsp3) is 0.300. The van der Waals surface area contributed by atoms with E-state index in [1.165, 1.54) is 23.6 Å². The number of nitrogens with one attached hydrogen (secondary N) is 2. The predicted octanol–water partition coefficient (Wildman–Crippen LogP) is 3.66. The second-order valence-corrected chi connectivity index (χ2v) is 7.89. The van der Waals surface area contributed by atoms with Crippen LogP contribution in [0.2, 0.25) is 0 Å². The van der Waals surface area contributed by atoms with Gasteiger partial charge in [0.2, 0.25) is 0 Å².